The number of aromatic nitrogens is 1. The predicted molar refractivity (Wildman–Crippen MR) is 139 cm³/mol. The Morgan fingerprint density at radius 3 is 2.47 bits per heavy atom. The number of halogens is 1. The van der Waals surface area contributed by atoms with Crippen molar-refractivity contribution in [3.8, 4) is 0 Å². The minimum atomic E-state index is 0. The largest absolute Gasteiger partial charge is 0.354 e. The fourth-order valence-electron chi connectivity index (χ4n) is 3.66. The molecule has 0 bridgehead atoms. The van der Waals surface area contributed by atoms with Crippen molar-refractivity contribution in [3.05, 3.63) is 52.0 Å². The van der Waals surface area contributed by atoms with Crippen LogP contribution in [0.2, 0.25) is 0 Å². The molecule has 2 aromatic rings. The van der Waals surface area contributed by atoms with Crippen LogP contribution in [0.1, 0.15) is 62.8 Å². The molecule has 0 aliphatic carbocycles. The van der Waals surface area contributed by atoms with Gasteiger partial charge in [-0.05, 0) is 25.3 Å². The summed E-state index contributed by atoms with van der Waals surface area (Å²) >= 11 is 1.71. The summed E-state index contributed by atoms with van der Waals surface area (Å²) in [6.45, 7) is 11.8. The molecule has 2 N–H and O–H groups in total. The third-order valence-corrected chi connectivity index (χ3v) is 6.50. The molecule has 1 aromatic carbocycles. The van der Waals surface area contributed by atoms with Crippen LogP contribution < -0.4 is 10.6 Å². The number of thiazole rings is 1. The first-order valence-corrected chi connectivity index (χ1v) is 11.5. The summed E-state index contributed by atoms with van der Waals surface area (Å²) in [7, 11) is 1.84. The molecule has 7 heteroatoms. The zero-order valence-corrected chi connectivity index (χ0v) is 22.0. The maximum atomic E-state index is 4.76. The molecule has 0 saturated carbocycles. The Hall–Kier alpha value is -1.19. The van der Waals surface area contributed by atoms with Crippen molar-refractivity contribution in [1.82, 2.24) is 20.5 Å². The van der Waals surface area contributed by atoms with Gasteiger partial charge in [-0.2, -0.15) is 0 Å². The quantitative estimate of drug-likeness (QED) is 0.320. The first-order valence-electron chi connectivity index (χ1n) is 10.6. The van der Waals surface area contributed by atoms with E-state index in [1.54, 1.807) is 11.3 Å². The van der Waals surface area contributed by atoms with Crippen LogP contribution in [0.25, 0.3) is 0 Å². The molecule has 0 amide bonds. The lowest BCUT2D eigenvalue weighted by molar-refractivity contribution is 0.158. The van der Waals surface area contributed by atoms with Crippen molar-refractivity contribution < 1.29 is 0 Å². The molecule has 1 aromatic heterocycles. The summed E-state index contributed by atoms with van der Waals surface area (Å²) in [5.74, 6) is 0.868. The fraction of sp³-hybridized carbons (Fsp3) is 0.565. The number of hydrogen-bond acceptors (Lipinski definition) is 4. The number of hydrogen-bond donors (Lipinski definition) is 2. The number of benzene rings is 1. The highest BCUT2D eigenvalue weighted by molar-refractivity contribution is 14.0. The number of guanidine groups is 1. The van der Waals surface area contributed by atoms with Crippen molar-refractivity contribution in [1.29, 1.82) is 0 Å². The summed E-state index contributed by atoms with van der Waals surface area (Å²) in [6, 6.07) is 11.7. The first-order chi connectivity index (χ1) is 13.9. The van der Waals surface area contributed by atoms with Gasteiger partial charge < -0.3 is 10.6 Å². The second-order valence-electron chi connectivity index (χ2n) is 8.84. The summed E-state index contributed by atoms with van der Waals surface area (Å²) in [6.07, 6.45) is 2.26. The van der Waals surface area contributed by atoms with E-state index in [1.807, 2.05) is 7.05 Å². The summed E-state index contributed by atoms with van der Waals surface area (Å²) in [5, 5.41) is 10.3. The van der Waals surface area contributed by atoms with E-state index >= 15 is 0 Å². The van der Waals surface area contributed by atoms with Crippen molar-refractivity contribution in [2.24, 2.45) is 4.99 Å². The second kappa shape index (κ2) is 11.4. The monoisotopic (exact) mass is 541 g/mol. The van der Waals surface area contributed by atoms with Crippen molar-refractivity contribution in [3.63, 3.8) is 0 Å². The van der Waals surface area contributed by atoms with Crippen LogP contribution in [0, 0.1) is 0 Å². The van der Waals surface area contributed by atoms with Gasteiger partial charge in [0.2, 0.25) is 0 Å². The number of likely N-dealkylation sites (tertiary alicyclic amines) is 1. The molecule has 0 radical (unpaired) electrons. The lowest BCUT2D eigenvalue weighted by atomic mass is 9.93. The van der Waals surface area contributed by atoms with Crippen LogP contribution in [0.5, 0.6) is 0 Å². The Labute approximate surface area is 202 Å². The van der Waals surface area contributed by atoms with Crippen molar-refractivity contribution in [2.75, 3.05) is 20.1 Å². The van der Waals surface area contributed by atoms with E-state index in [1.165, 1.54) is 5.56 Å². The highest BCUT2D eigenvalue weighted by atomic mass is 127. The van der Waals surface area contributed by atoms with Gasteiger partial charge in [-0.25, -0.2) is 4.98 Å². The number of aliphatic imine (C=N–C) groups is 1. The number of nitrogens with one attached hydrogen (secondary N) is 2. The van der Waals surface area contributed by atoms with Crippen LogP contribution >= 0.6 is 35.3 Å². The average Bonchev–Trinajstić information content (AvgIpc) is 3.21. The minimum absolute atomic E-state index is 0. The molecular formula is C23H36IN5S. The Morgan fingerprint density at radius 2 is 1.90 bits per heavy atom. The second-order valence-corrected chi connectivity index (χ2v) is 9.79. The van der Waals surface area contributed by atoms with Gasteiger partial charge >= 0.3 is 0 Å². The smallest absolute Gasteiger partial charge is 0.191 e. The Morgan fingerprint density at radius 1 is 1.23 bits per heavy atom. The molecule has 1 aliphatic rings. The molecule has 30 heavy (non-hydrogen) atoms. The van der Waals surface area contributed by atoms with E-state index in [4.69, 9.17) is 4.98 Å². The Balaban J connectivity index is 0.00000320. The zero-order valence-electron chi connectivity index (χ0n) is 18.8. The lowest BCUT2D eigenvalue weighted by Crippen LogP contribution is -2.48. The normalized spacial score (nSPS) is 17.3. The molecule has 1 atom stereocenters. The highest BCUT2D eigenvalue weighted by Gasteiger charge is 2.24. The van der Waals surface area contributed by atoms with Gasteiger partial charge in [-0.3, -0.25) is 9.89 Å². The molecular weight excluding hydrogens is 505 g/mol. The maximum absolute atomic E-state index is 4.76. The molecule has 0 spiro atoms. The van der Waals surface area contributed by atoms with E-state index in [0.29, 0.717) is 18.6 Å². The SMILES string of the molecule is CN=C(NCc1nc(C(C)(C)C)cs1)NC1CCN(C(C)c2ccccc2)CC1.I. The van der Waals surface area contributed by atoms with E-state index < -0.39 is 0 Å². The van der Waals surface area contributed by atoms with Gasteiger partial charge in [0.05, 0.1) is 12.2 Å². The van der Waals surface area contributed by atoms with Crippen LogP contribution in [-0.4, -0.2) is 42.0 Å². The molecule has 2 heterocycles. The molecule has 3 rings (SSSR count). The van der Waals surface area contributed by atoms with Crippen LogP contribution in [-0.2, 0) is 12.0 Å². The van der Waals surface area contributed by atoms with Crippen LogP contribution in [0.4, 0.5) is 0 Å². The van der Waals surface area contributed by atoms with Crippen molar-refractivity contribution in [2.45, 2.75) is 64.6 Å². The van der Waals surface area contributed by atoms with Gasteiger partial charge in [0.1, 0.15) is 5.01 Å². The third kappa shape index (κ3) is 6.92. The van der Waals surface area contributed by atoms with E-state index in [9.17, 15) is 0 Å². The van der Waals surface area contributed by atoms with Crippen molar-refractivity contribution >= 4 is 41.3 Å². The van der Waals surface area contributed by atoms with Gasteiger partial charge in [0.15, 0.2) is 5.96 Å². The highest BCUT2D eigenvalue weighted by Crippen LogP contribution is 2.25. The fourth-order valence-corrected chi connectivity index (χ4v) is 4.62. The summed E-state index contributed by atoms with van der Waals surface area (Å²) in [4.78, 5) is 11.7. The van der Waals surface area contributed by atoms with Gasteiger partial charge in [-0.1, -0.05) is 51.1 Å². The molecule has 1 unspecified atom stereocenters. The first kappa shape index (κ1) is 25.1. The summed E-state index contributed by atoms with van der Waals surface area (Å²) in [5.41, 5.74) is 2.65. The molecule has 1 fully saturated rings. The Bertz CT molecular complexity index is 791. The van der Waals surface area contributed by atoms with E-state index in [0.717, 1.165) is 42.6 Å². The number of rotatable bonds is 5. The topological polar surface area (TPSA) is 52.6 Å². The molecule has 5 nitrogen and oxygen atoms in total. The van der Waals surface area contributed by atoms with E-state index in [2.05, 4.69) is 83.9 Å². The van der Waals surface area contributed by atoms with E-state index in [-0.39, 0.29) is 29.4 Å². The standard InChI is InChI=1S/C23H35N5S.HI/c1-17(18-9-7-6-8-10-18)28-13-11-19(12-14-28)26-22(24-5)25-15-21-27-20(16-29-21)23(2,3)4;/h6-10,16-17,19H,11-15H2,1-5H3,(H2,24,25,26);1H. The third-order valence-electron chi connectivity index (χ3n) is 5.65. The summed E-state index contributed by atoms with van der Waals surface area (Å²) < 4.78 is 0. The van der Waals surface area contributed by atoms with Gasteiger partial charge in [0, 0.05) is 43.0 Å². The minimum Gasteiger partial charge on any atom is -0.354 e. The van der Waals surface area contributed by atoms with Crippen LogP contribution in [0.15, 0.2) is 40.7 Å². The predicted octanol–water partition coefficient (Wildman–Crippen LogP) is 4.95. The molecule has 1 saturated heterocycles. The molecule has 166 valence electrons. The van der Waals surface area contributed by atoms with Crippen LogP contribution in [0.3, 0.4) is 0 Å². The average molecular weight is 542 g/mol. The van der Waals surface area contributed by atoms with Gasteiger partial charge in [0.25, 0.3) is 0 Å². The zero-order chi connectivity index (χ0) is 20.9. The molecule has 1 aliphatic heterocycles. The number of nitrogens with zero attached hydrogens (tertiary/aromatic N) is 3. The maximum Gasteiger partial charge on any atom is 0.191 e. The van der Waals surface area contributed by atoms with Gasteiger partial charge in [-0.15, -0.1) is 35.3 Å². The number of piperidine rings is 1. The Kier molecular flexibility index (Phi) is 9.56. The lowest BCUT2D eigenvalue weighted by Gasteiger charge is -2.37.